The van der Waals surface area contributed by atoms with Gasteiger partial charge in [0.05, 0.1) is 57.7 Å². The van der Waals surface area contributed by atoms with E-state index in [-0.39, 0.29) is 17.8 Å². The van der Waals surface area contributed by atoms with Crippen LogP contribution in [-0.2, 0) is 23.8 Å². The van der Waals surface area contributed by atoms with E-state index >= 15 is 0 Å². The van der Waals surface area contributed by atoms with Gasteiger partial charge in [-0.3, -0.25) is 4.98 Å². The van der Waals surface area contributed by atoms with E-state index in [0.717, 1.165) is 0 Å². The molecule has 2 aromatic rings. The molecule has 0 bridgehead atoms. The lowest BCUT2D eigenvalue weighted by Crippen LogP contribution is -2.36. The molecule has 0 fully saturated rings. The van der Waals surface area contributed by atoms with Gasteiger partial charge in [-0.1, -0.05) is 6.07 Å². The van der Waals surface area contributed by atoms with Crippen LogP contribution in [0, 0.1) is 0 Å². The number of hydrogen-bond acceptors (Lipinski definition) is 10. The third-order valence-electron chi connectivity index (χ3n) is 6.37. The monoisotopic (exact) mass is 524 g/mol. The maximum atomic E-state index is 13.1. The molecule has 0 N–H and O–H groups in total. The summed E-state index contributed by atoms with van der Waals surface area (Å²) >= 11 is 0. The van der Waals surface area contributed by atoms with E-state index < -0.39 is 23.8 Å². The molecule has 0 unspecified atom stereocenters. The number of aromatic nitrogens is 1. The molecule has 10 nitrogen and oxygen atoms in total. The van der Waals surface area contributed by atoms with Gasteiger partial charge in [0.15, 0.2) is 11.5 Å². The van der Waals surface area contributed by atoms with Crippen LogP contribution in [0.5, 0.6) is 11.5 Å². The molecule has 202 valence electrons. The standard InChI is InChI=1S/C28H32N2O8/c1-17-23(27(32)36-5)25(19-10-11-21(34-3)22(15-19)35-4)24(28(33)37-6)18(2)30(17)13-8-14-38-26(31)20-9-7-12-29-16-20/h7,9-12,15-16,25H,8,13-14H2,1-6H3. The molecule has 0 saturated carbocycles. The van der Waals surface area contributed by atoms with Gasteiger partial charge >= 0.3 is 17.9 Å². The quantitative estimate of drug-likeness (QED) is 0.259. The van der Waals surface area contributed by atoms with Crippen LogP contribution in [0.2, 0.25) is 0 Å². The molecule has 1 aliphatic heterocycles. The molecule has 0 radical (unpaired) electrons. The Morgan fingerprint density at radius 2 is 1.50 bits per heavy atom. The second kappa shape index (κ2) is 12.8. The maximum absolute atomic E-state index is 13.1. The number of methoxy groups -OCH3 is 4. The number of rotatable bonds is 10. The molecule has 10 heteroatoms. The maximum Gasteiger partial charge on any atom is 0.339 e. The molecule has 2 heterocycles. The van der Waals surface area contributed by atoms with Crippen molar-refractivity contribution in [1.82, 2.24) is 9.88 Å². The fourth-order valence-electron chi connectivity index (χ4n) is 4.51. The molecular weight excluding hydrogens is 492 g/mol. The van der Waals surface area contributed by atoms with Crippen molar-refractivity contribution in [2.45, 2.75) is 26.2 Å². The Labute approximate surface area is 221 Å². The van der Waals surface area contributed by atoms with E-state index in [4.69, 9.17) is 23.7 Å². The number of carbonyl (C=O) groups is 3. The van der Waals surface area contributed by atoms with Crippen molar-refractivity contribution >= 4 is 17.9 Å². The highest BCUT2D eigenvalue weighted by atomic mass is 16.5. The zero-order valence-electron chi connectivity index (χ0n) is 22.4. The van der Waals surface area contributed by atoms with E-state index in [9.17, 15) is 14.4 Å². The van der Waals surface area contributed by atoms with E-state index in [2.05, 4.69) is 4.98 Å². The summed E-state index contributed by atoms with van der Waals surface area (Å²) in [7, 11) is 5.62. The first-order chi connectivity index (χ1) is 18.3. The summed E-state index contributed by atoms with van der Waals surface area (Å²) in [6.45, 7) is 4.08. The average Bonchev–Trinajstić information content (AvgIpc) is 2.95. The fourth-order valence-corrected chi connectivity index (χ4v) is 4.51. The highest BCUT2D eigenvalue weighted by Gasteiger charge is 2.40. The molecule has 0 spiro atoms. The Bertz CT molecular complexity index is 1210. The third kappa shape index (κ3) is 5.80. The van der Waals surface area contributed by atoms with Crippen molar-refractivity contribution in [1.29, 1.82) is 0 Å². The smallest absolute Gasteiger partial charge is 0.339 e. The highest BCUT2D eigenvalue weighted by Crippen LogP contribution is 2.44. The summed E-state index contributed by atoms with van der Waals surface area (Å²) in [5, 5.41) is 0. The minimum atomic E-state index is -0.769. The lowest BCUT2D eigenvalue weighted by atomic mass is 9.79. The van der Waals surface area contributed by atoms with Gasteiger partial charge in [-0.2, -0.15) is 0 Å². The molecule has 3 rings (SSSR count). The third-order valence-corrected chi connectivity index (χ3v) is 6.37. The molecule has 0 aliphatic carbocycles. The number of esters is 3. The summed E-state index contributed by atoms with van der Waals surface area (Å²) in [5.74, 6) is -1.44. The first kappa shape index (κ1) is 28.2. The van der Waals surface area contributed by atoms with Crippen molar-refractivity contribution in [2.24, 2.45) is 0 Å². The van der Waals surface area contributed by atoms with Gasteiger partial charge in [0.2, 0.25) is 0 Å². The second-order valence-corrected chi connectivity index (χ2v) is 8.41. The Morgan fingerprint density at radius 3 is 2.03 bits per heavy atom. The number of carbonyl (C=O) groups excluding carboxylic acids is 3. The SMILES string of the molecule is COC(=O)C1=C(C)N(CCCOC(=O)c2cccnc2)C(C)=C(C(=O)OC)C1c1ccc(OC)c(OC)c1. The number of hydrogen-bond donors (Lipinski definition) is 0. The first-order valence-corrected chi connectivity index (χ1v) is 11.9. The van der Waals surface area contributed by atoms with Gasteiger partial charge in [-0.25, -0.2) is 14.4 Å². The van der Waals surface area contributed by atoms with E-state index in [0.29, 0.717) is 47.0 Å². The summed E-state index contributed by atoms with van der Waals surface area (Å²) in [6.07, 6.45) is 3.45. The summed E-state index contributed by atoms with van der Waals surface area (Å²) in [5.41, 5.74) is 2.79. The molecule has 38 heavy (non-hydrogen) atoms. The van der Waals surface area contributed by atoms with Crippen LogP contribution in [0.4, 0.5) is 0 Å². The van der Waals surface area contributed by atoms with Crippen LogP contribution in [0.3, 0.4) is 0 Å². The Morgan fingerprint density at radius 1 is 0.868 bits per heavy atom. The number of nitrogens with zero attached hydrogens (tertiary/aromatic N) is 2. The number of allylic oxidation sites excluding steroid dienone is 2. The predicted molar refractivity (Wildman–Crippen MR) is 138 cm³/mol. The zero-order valence-corrected chi connectivity index (χ0v) is 22.4. The lowest BCUT2D eigenvalue weighted by Gasteiger charge is -2.37. The Balaban J connectivity index is 1.97. The topological polar surface area (TPSA) is 113 Å². The van der Waals surface area contributed by atoms with Crippen molar-refractivity contribution in [3.63, 3.8) is 0 Å². The van der Waals surface area contributed by atoms with Crippen molar-refractivity contribution in [3.8, 4) is 11.5 Å². The van der Waals surface area contributed by atoms with Crippen LogP contribution in [0.1, 0.15) is 42.1 Å². The average molecular weight is 525 g/mol. The van der Waals surface area contributed by atoms with E-state index in [1.165, 1.54) is 34.6 Å². The van der Waals surface area contributed by atoms with Gasteiger partial charge in [-0.15, -0.1) is 0 Å². The largest absolute Gasteiger partial charge is 0.493 e. The molecule has 1 aliphatic rings. The normalized spacial score (nSPS) is 13.8. The van der Waals surface area contributed by atoms with Gasteiger partial charge in [0.25, 0.3) is 0 Å². The molecular formula is C28H32N2O8. The van der Waals surface area contributed by atoms with Crippen LogP contribution in [-0.4, -0.2) is 69.4 Å². The predicted octanol–water partition coefficient (Wildman–Crippen LogP) is 3.64. The van der Waals surface area contributed by atoms with Crippen LogP contribution in [0.15, 0.2) is 65.3 Å². The van der Waals surface area contributed by atoms with Crippen LogP contribution < -0.4 is 9.47 Å². The minimum absolute atomic E-state index is 0.130. The zero-order chi connectivity index (χ0) is 27.8. The molecule has 0 atom stereocenters. The van der Waals surface area contributed by atoms with E-state index in [1.54, 1.807) is 50.4 Å². The summed E-state index contributed by atoms with van der Waals surface area (Å²) < 4.78 is 26.4. The van der Waals surface area contributed by atoms with Crippen molar-refractivity contribution < 1.29 is 38.1 Å². The molecule has 0 amide bonds. The van der Waals surface area contributed by atoms with Crippen molar-refractivity contribution in [2.75, 3.05) is 41.6 Å². The lowest BCUT2D eigenvalue weighted by molar-refractivity contribution is -0.137. The van der Waals surface area contributed by atoms with Crippen molar-refractivity contribution in [3.05, 3.63) is 76.4 Å². The van der Waals surface area contributed by atoms with Gasteiger partial charge in [-0.05, 0) is 50.1 Å². The molecule has 1 aromatic carbocycles. The fraction of sp³-hybridized carbons (Fsp3) is 0.357. The summed E-state index contributed by atoms with van der Waals surface area (Å²) in [6, 6.07) is 8.49. The van der Waals surface area contributed by atoms with E-state index in [1.807, 2.05) is 4.90 Å². The molecule has 0 saturated heterocycles. The van der Waals surface area contributed by atoms with Crippen LogP contribution >= 0.6 is 0 Å². The first-order valence-electron chi connectivity index (χ1n) is 11.9. The molecule has 1 aromatic heterocycles. The van der Waals surface area contributed by atoms with Gasteiger partial charge in [0.1, 0.15) is 0 Å². The Hall–Kier alpha value is -4.34. The number of pyridine rings is 1. The Kier molecular flexibility index (Phi) is 9.48. The number of ether oxygens (including phenoxy) is 5. The van der Waals surface area contributed by atoms with Crippen LogP contribution in [0.25, 0.3) is 0 Å². The second-order valence-electron chi connectivity index (χ2n) is 8.41. The van der Waals surface area contributed by atoms with Gasteiger partial charge in [0, 0.05) is 30.3 Å². The summed E-state index contributed by atoms with van der Waals surface area (Å²) in [4.78, 5) is 44.2. The minimum Gasteiger partial charge on any atom is -0.493 e. The number of benzene rings is 1. The highest BCUT2D eigenvalue weighted by molar-refractivity contribution is 5.99. The van der Waals surface area contributed by atoms with Gasteiger partial charge < -0.3 is 28.6 Å².